The van der Waals surface area contributed by atoms with Crippen molar-refractivity contribution in [2.75, 3.05) is 24.6 Å². The standard InChI is InChI=1S/C13H17ClN4O/c1-9(5-6-15)18(2)8-13(19)17-12-4-3-10(14)7-11(12)16/h3-4,7,9H,5,8,16H2,1-2H3,(H,17,19). The summed E-state index contributed by atoms with van der Waals surface area (Å²) in [6.45, 7) is 2.10. The number of halogens is 1. The Labute approximate surface area is 117 Å². The van der Waals surface area contributed by atoms with E-state index in [1.54, 1.807) is 25.2 Å². The Hall–Kier alpha value is -1.77. The van der Waals surface area contributed by atoms with Gasteiger partial charge in [-0.1, -0.05) is 11.6 Å². The SMILES string of the molecule is CC(CC#N)N(C)CC(=O)Nc1ccc(Cl)cc1N. The summed E-state index contributed by atoms with van der Waals surface area (Å²) in [5, 5.41) is 11.9. The van der Waals surface area contributed by atoms with Gasteiger partial charge in [-0.05, 0) is 32.2 Å². The van der Waals surface area contributed by atoms with Gasteiger partial charge in [0.2, 0.25) is 5.91 Å². The molecule has 1 aromatic carbocycles. The van der Waals surface area contributed by atoms with Crippen LogP contribution in [0.3, 0.4) is 0 Å². The van der Waals surface area contributed by atoms with Crippen molar-refractivity contribution in [3.8, 4) is 6.07 Å². The van der Waals surface area contributed by atoms with E-state index >= 15 is 0 Å². The Bertz CT molecular complexity index is 498. The molecule has 1 aromatic rings. The first-order valence-corrected chi connectivity index (χ1v) is 6.24. The minimum atomic E-state index is -0.179. The number of nitrogens with one attached hydrogen (secondary N) is 1. The fourth-order valence-corrected chi connectivity index (χ4v) is 1.69. The van der Waals surface area contributed by atoms with Crippen molar-refractivity contribution < 1.29 is 4.79 Å². The van der Waals surface area contributed by atoms with Gasteiger partial charge in [0.1, 0.15) is 0 Å². The van der Waals surface area contributed by atoms with Gasteiger partial charge in [-0.25, -0.2) is 0 Å². The predicted octanol–water partition coefficient (Wildman–Crippen LogP) is 2.09. The Kier molecular flexibility index (Phi) is 5.61. The summed E-state index contributed by atoms with van der Waals surface area (Å²) in [7, 11) is 1.80. The molecule has 0 aliphatic rings. The number of anilines is 2. The molecule has 5 nitrogen and oxygen atoms in total. The molecule has 0 spiro atoms. The number of nitrogens with two attached hydrogens (primary N) is 1. The third kappa shape index (κ3) is 4.78. The monoisotopic (exact) mass is 280 g/mol. The van der Waals surface area contributed by atoms with Crippen LogP contribution in [0.5, 0.6) is 0 Å². The number of benzene rings is 1. The number of likely N-dealkylation sites (N-methyl/N-ethyl adjacent to an activating group) is 1. The summed E-state index contributed by atoms with van der Waals surface area (Å²) in [6, 6.07) is 7.01. The number of hydrogen-bond acceptors (Lipinski definition) is 4. The third-order valence-electron chi connectivity index (χ3n) is 2.82. The molecule has 0 bridgehead atoms. The number of rotatable bonds is 5. The van der Waals surface area contributed by atoms with Crippen LogP contribution < -0.4 is 11.1 Å². The molecule has 0 saturated heterocycles. The van der Waals surface area contributed by atoms with E-state index in [1.165, 1.54) is 0 Å². The first kappa shape index (κ1) is 15.3. The number of nitrogen functional groups attached to an aromatic ring is 1. The van der Waals surface area contributed by atoms with Gasteiger partial charge in [-0.2, -0.15) is 5.26 Å². The lowest BCUT2D eigenvalue weighted by Crippen LogP contribution is -2.36. The molecule has 0 aliphatic carbocycles. The van der Waals surface area contributed by atoms with Crippen LogP contribution in [-0.2, 0) is 4.79 Å². The van der Waals surface area contributed by atoms with E-state index in [0.29, 0.717) is 22.8 Å². The highest BCUT2D eigenvalue weighted by Gasteiger charge is 2.13. The van der Waals surface area contributed by atoms with Crippen LogP contribution in [-0.4, -0.2) is 30.4 Å². The number of nitriles is 1. The van der Waals surface area contributed by atoms with E-state index < -0.39 is 0 Å². The average Bonchev–Trinajstić information content (AvgIpc) is 2.33. The van der Waals surface area contributed by atoms with Gasteiger partial charge in [0.25, 0.3) is 0 Å². The summed E-state index contributed by atoms with van der Waals surface area (Å²) >= 11 is 5.78. The van der Waals surface area contributed by atoms with Crippen LogP contribution in [0.15, 0.2) is 18.2 Å². The molecule has 1 amide bonds. The lowest BCUT2D eigenvalue weighted by atomic mass is 10.2. The fraction of sp³-hybridized carbons (Fsp3) is 0.385. The average molecular weight is 281 g/mol. The Morgan fingerprint density at radius 1 is 1.63 bits per heavy atom. The lowest BCUT2D eigenvalue weighted by molar-refractivity contribution is -0.117. The highest BCUT2D eigenvalue weighted by atomic mass is 35.5. The molecule has 0 fully saturated rings. The first-order chi connectivity index (χ1) is 8.93. The Morgan fingerprint density at radius 3 is 2.89 bits per heavy atom. The van der Waals surface area contributed by atoms with Gasteiger partial charge in [0, 0.05) is 11.1 Å². The largest absolute Gasteiger partial charge is 0.397 e. The summed E-state index contributed by atoms with van der Waals surface area (Å²) in [5.41, 5.74) is 6.71. The van der Waals surface area contributed by atoms with Crippen LogP contribution in [0, 0.1) is 11.3 Å². The molecule has 0 aromatic heterocycles. The molecule has 0 aliphatic heterocycles. The second-order valence-electron chi connectivity index (χ2n) is 4.41. The third-order valence-corrected chi connectivity index (χ3v) is 3.05. The highest BCUT2D eigenvalue weighted by Crippen LogP contribution is 2.22. The lowest BCUT2D eigenvalue weighted by Gasteiger charge is -2.21. The van der Waals surface area contributed by atoms with Gasteiger partial charge >= 0.3 is 0 Å². The van der Waals surface area contributed by atoms with Crippen molar-refractivity contribution >= 4 is 28.9 Å². The Balaban J connectivity index is 2.58. The maximum absolute atomic E-state index is 11.8. The minimum Gasteiger partial charge on any atom is -0.397 e. The smallest absolute Gasteiger partial charge is 0.238 e. The zero-order valence-corrected chi connectivity index (χ0v) is 11.7. The van der Waals surface area contributed by atoms with Crippen molar-refractivity contribution in [1.82, 2.24) is 4.90 Å². The molecule has 6 heteroatoms. The maximum atomic E-state index is 11.8. The van der Waals surface area contributed by atoms with Crippen molar-refractivity contribution in [1.29, 1.82) is 5.26 Å². The predicted molar refractivity (Wildman–Crippen MR) is 76.8 cm³/mol. The molecule has 0 saturated carbocycles. The van der Waals surface area contributed by atoms with Crippen molar-refractivity contribution in [3.63, 3.8) is 0 Å². The molecule has 0 heterocycles. The van der Waals surface area contributed by atoms with Crippen LogP contribution >= 0.6 is 11.6 Å². The minimum absolute atomic E-state index is 0.0262. The van der Waals surface area contributed by atoms with Gasteiger partial charge in [-0.3, -0.25) is 9.69 Å². The summed E-state index contributed by atoms with van der Waals surface area (Å²) in [4.78, 5) is 13.7. The van der Waals surface area contributed by atoms with E-state index in [-0.39, 0.29) is 18.5 Å². The maximum Gasteiger partial charge on any atom is 0.238 e. The fourth-order valence-electron chi connectivity index (χ4n) is 1.51. The number of carbonyl (C=O) groups excluding carboxylic acids is 1. The van der Waals surface area contributed by atoms with E-state index in [9.17, 15) is 4.79 Å². The van der Waals surface area contributed by atoms with Crippen molar-refractivity contribution in [2.24, 2.45) is 0 Å². The van der Waals surface area contributed by atoms with Crippen LogP contribution in [0.25, 0.3) is 0 Å². The van der Waals surface area contributed by atoms with Crippen LogP contribution in [0.2, 0.25) is 5.02 Å². The molecule has 19 heavy (non-hydrogen) atoms. The zero-order chi connectivity index (χ0) is 14.4. The quantitative estimate of drug-likeness (QED) is 0.809. The summed E-state index contributed by atoms with van der Waals surface area (Å²) in [5.74, 6) is -0.179. The molecule has 3 N–H and O–H groups in total. The number of nitrogens with zero attached hydrogens (tertiary/aromatic N) is 2. The topological polar surface area (TPSA) is 82.2 Å². The summed E-state index contributed by atoms with van der Waals surface area (Å²) in [6.07, 6.45) is 0.382. The van der Waals surface area contributed by atoms with E-state index in [0.717, 1.165) is 0 Å². The van der Waals surface area contributed by atoms with Crippen molar-refractivity contribution in [2.45, 2.75) is 19.4 Å². The summed E-state index contributed by atoms with van der Waals surface area (Å²) < 4.78 is 0. The van der Waals surface area contributed by atoms with E-state index in [4.69, 9.17) is 22.6 Å². The second-order valence-corrected chi connectivity index (χ2v) is 4.84. The number of carbonyl (C=O) groups is 1. The van der Waals surface area contributed by atoms with Crippen LogP contribution in [0.4, 0.5) is 11.4 Å². The Morgan fingerprint density at radius 2 is 2.32 bits per heavy atom. The number of amides is 1. The van der Waals surface area contributed by atoms with E-state index in [2.05, 4.69) is 11.4 Å². The van der Waals surface area contributed by atoms with Crippen molar-refractivity contribution in [3.05, 3.63) is 23.2 Å². The first-order valence-electron chi connectivity index (χ1n) is 5.86. The molecular formula is C13H17ClN4O. The highest BCUT2D eigenvalue weighted by molar-refractivity contribution is 6.31. The molecule has 1 atom stereocenters. The molecule has 0 radical (unpaired) electrons. The van der Waals surface area contributed by atoms with Gasteiger partial charge < -0.3 is 11.1 Å². The van der Waals surface area contributed by atoms with Gasteiger partial charge in [0.15, 0.2) is 0 Å². The van der Waals surface area contributed by atoms with Crippen LogP contribution in [0.1, 0.15) is 13.3 Å². The van der Waals surface area contributed by atoms with E-state index in [1.807, 2.05) is 11.8 Å². The molecule has 102 valence electrons. The molecule has 1 unspecified atom stereocenters. The number of hydrogen-bond donors (Lipinski definition) is 2. The molecule has 1 rings (SSSR count). The normalized spacial score (nSPS) is 11.9. The zero-order valence-electron chi connectivity index (χ0n) is 11.0. The van der Waals surface area contributed by atoms with Gasteiger partial charge in [0.05, 0.1) is 30.4 Å². The van der Waals surface area contributed by atoms with Gasteiger partial charge in [-0.15, -0.1) is 0 Å². The second kappa shape index (κ2) is 6.98. The molecular weight excluding hydrogens is 264 g/mol.